The molecule has 0 fully saturated rings. The van der Waals surface area contributed by atoms with Gasteiger partial charge in [0.25, 0.3) is 5.91 Å². The summed E-state index contributed by atoms with van der Waals surface area (Å²) < 4.78 is 0. The zero-order valence-corrected chi connectivity index (χ0v) is 14.0. The molecule has 1 atom stereocenters. The molecule has 0 aliphatic heterocycles. The van der Waals surface area contributed by atoms with Gasteiger partial charge < -0.3 is 16.0 Å². The van der Waals surface area contributed by atoms with Gasteiger partial charge in [-0.25, -0.2) is 15.0 Å². The molecule has 3 aromatic rings. The van der Waals surface area contributed by atoms with Crippen molar-refractivity contribution in [3.63, 3.8) is 0 Å². The molecule has 0 saturated heterocycles. The summed E-state index contributed by atoms with van der Waals surface area (Å²) in [6, 6.07) is 5.38. The predicted molar refractivity (Wildman–Crippen MR) is 95.7 cm³/mol. The minimum Gasteiger partial charge on any atom is -0.383 e. The van der Waals surface area contributed by atoms with Crippen LogP contribution < -0.4 is 11.1 Å². The van der Waals surface area contributed by atoms with Crippen LogP contribution in [-0.4, -0.2) is 31.9 Å². The molecule has 3 heterocycles. The van der Waals surface area contributed by atoms with Crippen molar-refractivity contribution in [2.45, 2.75) is 26.3 Å². The number of H-pyrrole nitrogens is 1. The van der Waals surface area contributed by atoms with Crippen LogP contribution in [0.15, 0.2) is 30.6 Å². The molecule has 0 saturated carbocycles. The Balaban J connectivity index is 1.60. The molecule has 3 aromatic heterocycles. The second kappa shape index (κ2) is 7.01. The first-order chi connectivity index (χ1) is 12.0. The van der Waals surface area contributed by atoms with Crippen LogP contribution in [0.2, 0.25) is 0 Å². The van der Waals surface area contributed by atoms with Crippen LogP contribution in [0.5, 0.6) is 0 Å². The van der Waals surface area contributed by atoms with Gasteiger partial charge in [-0.3, -0.25) is 4.79 Å². The number of aromatic nitrogens is 4. The van der Waals surface area contributed by atoms with E-state index in [4.69, 9.17) is 5.73 Å². The molecule has 7 heteroatoms. The first kappa shape index (κ1) is 16.5. The number of nitrogens with one attached hydrogen (secondary N) is 2. The second-order valence-electron chi connectivity index (χ2n) is 5.77. The van der Waals surface area contributed by atoms with E-state index in [1.165, 1.54) is 0 Å². The summed E-state index contributed by atoms with van der Waals surface area (Å²) in [5, 5.41) is 2.87. The number of nitrogens with zero attached hydrogens (tertiary/aromatic N) is 3. The largest absolute Gasteiger partial charge is 0.383 e. The van der Waals surface area contributed by atoms with Gasteiger partial charge in [0, 0.05) is 30.4 Å². The maximum absolute atomic E-state index is 12.2. The van der Waals surface area contributed by atoms with Crippen LogP contribution in [0.4, 0.5) is 5.82 Å². The molecule has 0 unspecified atom stereocenters. The van der Waals surface area contributed by atoms with E-state index >= 15 is 0 Å². The minimum atomic E-state index is -0.280. The van der Waals surface area contributed by atoms with Crippen molar-refractivity contribution in [3.8, 4) is 11.8 Å². The lowest BCUT2D eigenvalue weighted by Gasteiger charge is -2.08. The summed E-state index contributed by atoms with van der Waals surface area (Å²) in [7, 11) is 0. The van der Waals surface area contributed by atoms with Crippen molar-refractivity contribution in [3.05, 3.63) is 47.5 Å². The molecule has 0 bridgehead atoms. The smallest absolute Gasteiger partial charge is 0.287 e. The number of hydrogen-bond acceptors (Lipinski definition) is 5. The van der Waals surface area contributed by atoms with Crippen molar-refractivity contribution >= 4 is 22.9 Å². The molecule has 7 nitrogen and oxygen atoms in total. The van der Waals surface area contributed by atoms with E-state index in [9.17, 15) is 4.79 Å². The normalized spacial score (nSPS) is 11.6. The highest BCUT2D eigenvalue weighted by molar-refractivity contribution is 5.93. The Kier molecular flexibility index (Phi) is 4.61. The Morgan fingerprint density at radius 3 is 3.04 bits per heavy atom. The number of nitrogens with two attached hydrogens (primary N) is 1. The predicted octanol–water partition coefficient (Wildman–Crippen LogP) is 1.80. The third kappa shape index (κ3) is 3.93. The lowest BCUT2D eigenvalue weighted by molar-refractivity contribution is 0.0931. The third-order valence-electron chi connectivity index (χ3n) is 3.61. The number of pyridine rings is 2. The molecule has 1 amide bonds. The van der Waals surface area contributed by atoms with Gasteiger partial charge in [0.2, 0.25) is 0 Å². The zero-order valence-electron chi connectivity index (χ0n) is 14.0. The maximum Gasteiger partial charge on any atom is 0.287 e. The number of hydrogen-bond donors (Lipinski definition) is 3. The number of amides is 1. The minimum absolute atomic E-state index is 0.121. The fourth-order valence-electron chi connectivity index (χ4n) is 2.26. The average molecular weight is 334 g/mol. The standard InChI is InChI=1S/C18H18N6O/c1-11-9-13(10-21-15(11)19)6-3-5-12(2)22-18(25)17-23-14-7-4-8-20-16(14)24-17/h4,7-10,12H,5H2,1-2H3,(H2,19,21)(H,22,25)(H,20,23,24)/t12-/m0/s1. The van der Waals surface area contributed by atoms with Gasteiger partial charge in [0.1, 0.15) is 5.82 Å². The lowest BCUT2D eigenvalue weighted by Crippen LogP contribution is -2.32. The summed E-state index contributed by atoms with van der Waals surface area (Å²) in [6.45, 7) is 3.78. The van der Waals surface area contributed by atoms with E-state index in [-0.39, 0.29) is 17.8 Å². The highest BCUT2D eigenvalue weighted by Crippen LogP contribution is 2.09. The quantitative estimate of drug-likeness (QED) is 0.633. The third-order valence-corrected chi connectivity index (χ3v) is 3.61. The van der Waals surface area contributed by atoms with Gasteiger partial charge in [-0.05, 0) is 37.6 Å². The zero-order chi connectivity index (χ0) is 17.8. The van der Waals surface area contributed by atoms with Crippen LogP contribution in [0, 0.1) is 18.8 Å². The van der Waals surface area contributed by atoms with Crippen LogP contribution >= 0.6 is 0 Å². The first-order valence-corrected chi connectivity index (χ1v) is 7.85. The summed E-state index contributed by atoms with van der Waals surface area (Å²) in [4.78, 5) is 27.5. The number of aryl methyl sites for hydroxylation is 1. The monoisotopic (exact) mass is 334 g/mol. The van der Waals surface area contributed by atoms with Crippen LogP contribution in [-0.2, 0) is 0 Å². The van der Waals surface area contributed by atoms with E-state index in [2.05, 4.69) is 37.1 Å². The molecule has 0 spiro atoms. The topological polar surface area (TPSA) is 110 Å². The van der Waals surface area contributed by atoms with Gasteiger partial charge in [-0.15, -0.1) is 0 Å². The van der Waals surface area contributed by atoms with Crippen LogP contribution in [0.3, 0.4) is 0 Å². The Bertz CT molecular complexity index is 949. The Morgan fingerprint density at radius 2 is 2.28 bits per heavy atom. The first-order valence-electron chi connectivity index (χ1n) is 7.85. The van der Waals surface area contributed by atoms with E-state index in [0.717, 1.165) is 16.6 Å². The van der Waals surface area contributed by atoms with Crippen LogP contribution in [0.1, 0.15) is 35.1 Å². The number of rotatable bonds is 3. The van der Waals surface area contributed by atoms with Crippen LogP contribution in [0.25, 0.3) is 11.2 Å². The van der Waals surface area contributed by atoms with Gasteiger partial charge in [-0.1, -0.05) is 11.8 Å². The van der Waals surface area contributed by atoms with Gasteiger partial charge >= 0.3 is 0 Å². The Hall–Kier alpha value is -3.40. The lowest BCUT2D eigenvalue weighted by atomic mass is 10.2. The van der Waals surface area contributed by atoms with E-state index in [1.807, 2.05) is 26.0 Å². The number of carbonyl (C=O) groups excluding carboxylic acids is 1. The van der Waals surface area contributed by atoms with Gasteiger partial charge in [-0.2, -0.15) is 0 Å². The molecule has 0 aliphatic carbocycles. The maximum atomic E-state index is 12.2. The van der Waals surface area contributed by atoms with Crippen molar-refractivity contribution in [1.29, 1.82) is 0 Å². The molecule has 4 N–H and O–H groups in total. The van der Waals surface area contributed by atoms with Crippen molar-refractivity contribution in [1.82, 2.24) is 25.3 Å². The molecular weight excluding hydrogens is 316 g/mol. The molecule has 25 heavy (non-hydrogen) atoms. The fourth-order valence-corrected chi connectivity index (χ4v) is 2.26. The number of carbonyl (C=O) groups is 1. The van der Waals surface area contributed by atoms with E-state index in [1.54, 1.807) is 18.5 Å². The van der Waals surface area contributed by atoms with Crippen molar-refractivity contribution < 1.29 is 4.79 Å². The molecule has 0 aliphatic rings. The number of anilines is 1. The highest BCUT2D eigenvalue weighted by Gasteiger charge is 2.13. The number of fused-ring (bicyclic) bond motifs is 1. The number of imidazole rings is 1. The second-order valence-corrected chi connectivity index (χ2v) is 5.77. The van der Waals surface area contributed by atoms with Gasteiger partial charge in [0.15, 0.2) is 11.5 Å². The molecule has 0 aromatic carbocycles. The van der Waals surface area contributed by atoms with Crippen molar-refractivity contribution in [2.75, 3.05) is 5.73 Å². The fraction of sp³-hybridized carbons (Fsp3) is 0.222. The average Bonchev–Trinajstić information content (AvgIpc) is 3.02. The number of nitrogen functional groups attached to an aromatic ring is 1. The molecule has 126 valence electrons. The summed E-state index contributed by atoms with van der Waals surface area (Å²) in [5.74, 6) is 6.54. The summed E-state index contributed by atoms with van der Waals surface area (Å²) in [5.41, 5.74) is 8.63. The SMILES string of the molecule is Cc1cc(C#CC[C@H](C)NC(=O)c2nc3ncccc3[nH]2)cnc1N. The number of aromatic amines is 1. The Labute approximate surface area is 145 Å². The van der Waals surface area contributed by atoms with E-state index < -0.39 is 0 Å². The van der Waals surface area contributed by atoms with Crippen molar-refractivity contribution in [2.24, 2.45) is 0 Å². The summed E-state index contributed by atoms with van der Waals surface area (Å²) >= 11 is 0. The van der Waals surface area contributed by atoms with E-state index in [0.29, 0.717) is 17.9 Å². The molecular formula is C18H18N6O. The molecule has 3 rings (SSSR count). The summed E-state index contributed by atoms with van der Waals surface area (Å²) in [6.07, 6.45) is 3.78. The van der Waals surface area contributed by atoms with Gasteiger partial charge in [0.05, 0.1) is 5.52 Å². The Morgan fingerprint density at radius 1 is 1.44 bits per heavy atom. The highest BCUT2D eigenvalue weighted by atomic mass is 16.2. The molecule has 0 radical (unpaired) electrons.